The number of carbonyl (C=O) groups excluding carboxylic acids is 1. The van der Waals surface area contributed by atoms with Gasteiger partial charge in [0.1, 0.15) is 5.82 Å². The number of nitrogens with one attached hydrogen (secondary N) is 1. The van der Waals surface area contributed by atoms with Crippen molar-refractivity contribution in [1.29, 1.82) is 0 Å². The Morgan fingerprint density at radius 1 is 1.58 bits per heavy atom. The van der Waals surface area contributed by atoms with E-state index in [4.69, 9.17) is 0 Å². The molecule has 1 rings (SSSR count). The van der Waals surface area contributed by atoms with Crippen molar-refractivity contribution in [3.05, 3.63) is 34.1 Å². The Kier molecular flexibility index (Phi) is 5.50. The van der Waals surface area contributed by atoms with Gasteiger partial charge in [0, 0.05) is 11.0 Å². The van der Waals surface area contributed by atoms with Gasteiger partial charge in [-0.05, 0) is 47.0 Å². The quantitative estimate of drug-likeness (QED) is 0.870. The van der Waals surface area contributed by atoms with Crippen molar-refractivity contribution in [3.63, 3.8) is 0 Å². The molecule has 0 bridgehead atoms. The summed E-state index contributed by atoms with van der Waals surface area (Å²) >= 11 is 3.20. The fourth-order valence-electron chi connectivity index (χ4n) is 1.64. The lowest BCUT2D eigenvalue weighted by atomic mass is 9.88. The zero-order chi connectivity index (χ0) is 14.6. The molecular formula is C14H19BrFNO2. The molecule has 0 aromatic heterocycles. The van der Waals surface area contributed by atoms with E-state index in [-0.39, 0.29) is 18.0 Å². The zero-order valence-corrected chi connectivity index (χ0v) is 12.9. The lowest BCUT2D eigenvalue weighted by Crippen LogP contribution is -2.45. The van der Waals surface area contributed by atoms with E-state index in [1.807, 2.05) is 13.8 Å². The van der Waals surface area contributed by atoms with Crippen molar-refractivity contribution >= 4 is 21.8 Å². The van der Waals surface area contributed by atoms with Crippen LogP contribution in [0, 0.1) is 11.7 Å². The van der Waals surface area contributed by atoms with Crippen LogP contribution >= 0.6 is 15.9 Å². The van der Waals surface area contributed by atoms with Crippen LogP contribution < -0.4 is 5.32 Å². The second kappa shape index (κ2) is 6.48. The number of carbonyl (C=O) groups is 1. The smallest absolute Gasteiger partial charge is 0.252 e. The summed E-state index contributed by atoms with van der Waals surface area (Å²) in [6, 6.07) is 3.92. The summed E-state index contributed by atoms with van der Waals surface area (Å²) in [6.45, 7) is 5.71. The SMILES string of the molecule is CC[C@H](C)[C@@](C)(O)CNC(=O)c1cc(F)ccc1Br. The highest BCUT2D eigenvalue weighted by Crippen LogP contribution is 2.20. The molecule has 0 heterocycles. The van der Waals surface area contributed by atoms with Crippen LogP contribution in [-0.4, -0.2) is 23.2 Å². The van der Waals surface area contributed by atoms with Crippen LogP contribution in [0.2, 0.25) is 0 Å². The standard InChI is InChI=1S/C14H19BrFNO2/c1-4-9(2)14(3,19)8-17-13(18)11-7-10(16)5-6-12(11)15/h5-7,9,19H,4,8H2,1-3H3,(H,17,18)/t9-,14-/m0/s1. The number of hydrogen-bond acceptors (Lipinski definition) is 2. The fraction of sp³-hybridized carbons (Fsp3) is 0.500. The molecule has 0 radical (unpaired) electrons. The van der Waals surface area contributed by atoms with Crippen LogP contribution in [-0.2, 0) is 0 Å². The fourth-order valence-corrected chi connectivity index (χ4v) is 2.07. The highest BCUT2D eigenvalue weighted by Gasteiger charge is 2.27. The molecule has 1 aromatic carbocycles. The molecule has 1 aromatic rings. The van der Waals surface area contributed by atoms with Gasteiger partial charge in [-0.25, -0.2) is 4.39 Å². The van der Waals surface area contributed by atoms with Gasteiger partial charge in [-0.3, -0.25) is 4.79 Å². The van der Waals surface area contributed by atoms with Crippen LogP contribution in [0.15, 0.2) is 22.7 Å². The van der Waals surface area contributed by atoms with Gasteiger partial charge in [-0.2, -0.15) is 0 Å². The molecule has 0 unspecified atom stereocenters. The van der Waals surface area contributed by atoms with Gasteiger partial charge >= 0.3 is 0 Å². The topological polar surface area (TPSA) is 49.3 Å². The third kappa shape index (κ3) is 4.28. The number of aliphatic hydroxyl groups is 1. The van der Waals surface area contributed by atoms with Crippen LogP contribution in [0.5, 0.6) is 0 Å². The van der Waals surface area contributed by atoms with Crippen LogP contribution in [0.25, 0.3) is 0 Å². The van der Waals surface area contributed by atoms with Gasteiger partial charge in [-0.1, -0.05) is 20.3 Å². The van der Waals surface area contributed by atoms with E-state index in [1.54, 1.807) is 6.92 Å². The minimum Gasteiger partial charge on any atom is -0.388 e. The highest BCUT2D eigenvalue weighted by molar-refractivity contribution is 9.10. The van der Waals surface area contributed by atoms with Crippen molar-refractivity contribution in [2.45, 2.75) is 32.8 Å². The molecule has 3 nitrogen and oxygen atoms in total. The number of halogens is 2. The molecule has 0 spiro atoms. The maximum Gasteiger partial charge on any atom is 0.252 e. The third-order valence-corrected chi connectivity index (χ3v) is 4.15. The summed E-state index contributed by atoms with van der Waals surface area (Å²) in [4.78, 5) is 12.0. The first-order chi connectivity index (χ1) is 8.77. The minimum absolute atomic E-state index is 0.0590. The Bertz CT molecular complexity index is 463. The average Bonchev–Trinajstić information content (AvgIpc) is 2.37. The van der Waals surface area contributed by atoms with Crippen LogP contribution in [0.4, 0.5) is 4.39 Å². The Labute approximate surface area is 121 Å². The van der Waals surface area contributed by atoms with E-state index in [1.165, 1.54) is 12.1 Å². The summed E-state index contributed by atoms with van der Waals surface area (Å²) < 4.78 is 13.6. The second-order valence-electron chi connectivity index (χ2n) is 4.97. The Hall–Kier alpha value is -0.940. The molecule has 0 aliphatic heterocycles. The molecular weight excluding hydrogens is 313 g/mol. The van der Waals surface area contributed by atoms with Crippen molar-refractivity contribution < 1.29 is 14.3 Å². The molecule has 0 saturated carbocycles. The normalized spacial score (nSPS) is 15.7. The number of hydrogen-bond donors (Lipinski definition) is 2. The van der Waals surface area contributed by atoms with Crippen LogP contribution in [0.3, 0.4) is 0 Å². The molecule has 1 amide bonds. The monoisotopic (exact) mass is 331 g/mol. The summed E-state index contributed by atoms with van der Waals surface area (Å²) in [6.07, 6.45) is 0.812. The lowest BCUT2D eigenvalue weighted by molar-refractivity contribution is 0.00592. The number of rotatable bonds is 5. The average molecular weight is 332 g/mol. The molecule has 19 heavy (non-hydrogen) atoms. The Morgan fingerprint density at radius 2 is 2.21 bits per heavy atom. The molecule has 0 aliphatic rings. The highest BCUT2D eigenvalue weighted by atomic mass is 79.9. The summed E-state index contributed by atoms with van der Waals surface area (Å²) in [5, 5.41) is 12.8. The molecule has 0 aliphatic carbocycles. The van der Waals surface area contributed by atoms with E-state index < -0.39 is 17.3 Å². The third-order valence-electron chi connectivity index (χ3n) is 3.45. The molecule has 106 valence electrons. The van der Waals surface area contributed by atoms with Gasteiger partial charge in [0.25, 0.3) is 5.91 Å². The number of benzene rings is 1. The first kappa shape index (κ1) is 16.1. The van der Waals surface area contributed by atoms with E-state index in [9.17, 15) is 14.3 Å². The van der Waals surface area contributed by atoms with E-state index in [0.29, 0.717) is 4.47 Å². The second-order valence-corrected chi connectivity index (χ2v) is 5.83. The molecule has 2 atom stereocenters. The van der Waals surface area contributed by atoms with E-state index >= 15 is 0 Å². The first-order valence-electron chi connectivity index (χ1n) is 6.23. The molecule has 2 N–H and O–H groups in total. The molecule has 5 heteroatoms. The molecule has 0 saturated heterocycles. The summed E-state index contributed by atoms with van der Waals surface area (Å²) in [5.74, 6) is -0.819. The lowest BCUT2D eigenvalue weighted by Gasteiger charge is -2.29. The maximum absolute atomic E-state index is 13.1. The predicted octanol–water partition coefficient (Wildman–Crippen LogP) is 3.12. The van der Waals surface area contributed by atoms with Gasteiger partial charge in [-0.15, -0.1) is 0 Å². The van der Waals surface area contributed by atoms with Gasteiger partial charge in [0.05, 0.1) is 11.2 Å². The Morgan fingerprint density at radius 3 is 2.79 bits per heavy atom. The minimum atomic E-state index is -0.982. The maximum atomic E-state index is 13.1. The predicted molar refractivity (Wildman–Crippen MR) is 76.5 cm³/mol. The van der Waals surface area contributed by atoms with Crippen molar-refractivity contribution in [3.8, 4) is 0 Å². The van der Waals surface area contributed by atoms with Crippen molar-refractivity contribution in [2.75, 3.05) is 6.54 Å². The van der Waals surface area contributed by atoms with E-state index in [2.05, 4.69) is 21.2 Å². The first-order valence-corrected chi connectivity index (χ1v) is 7.03. The zero-order valence-electron chi connectivity index (χ0n) is 11.3. The number of amides is 1. The van der Waals surface area contributed by atoms with Gasteiger partial charge in [0.15, 0.2) is 0 Å². The summed E-state index contributed by atoms with van der Waals surface area (Å²) in [7, 11) is 0. The Balaban J connectivity index is 2.73. The van der Waals surface area contributed by atoms with Gasteiger partial charge < -0.3 is 10.4 Å². The van der Waals surface area contributed by atoms with Crippen molar-refractivity contribution in [2.24, 2.45) is 5.92 Å². The van der Waals surface area contributed by atoms with Gasteiger partial charge in [0.2, 0.25) is 0 Å². The molecule has 0 fully saturated rings. The van der Waals surface area contributed by atoms with E-state index in [0.717, 1.165) is 12.5 Å². The largest absolute Gasteiger partial charge is 0.388 e. The van der Waals surface area contributed by atoms with Crippen LogP contribution in [0.1, 0.15) is 37.6 Å². The summed E-state index contributed by atoms with van der Waals surface area (Å²) in [5.41, 5.74) is -0.760. The van der Waals surface area contributed by atoms with Crippen molar-refractivity contribution in [1.82, 2.24) is 5.32 Å².